The number of imidazole rings is 1. The average molecular weight is 280 g/mol. The van der Waals surface area contributed by atoms with Crippen molar-refractivity contribution in [2.75, 3.05) is 5.43 Å². The lowest BCUT2D eigenvalue weighted by Crippen LogP contribution is -2.31. The summed E-state index contributed by atoms with van der Waals surface area (Å²) in [5.41, 5.74) is 6.45. The van der Waals surface area contributed by atoms with Gasteiger partial charge in [-0.3, -0.25) is 20.2 Å². The number of benzene rings is 1. The lowest BCUT2D eigenvalue weighted by atomic mass is 10.3. The predicted octanol–water partition coefficient (Wildman–Crippen LogP) is 1.42. The number of hydrogen-bond donors (Lipinski definition) is 2. The summed E-state index contributed by atoms with van der Waals surface area (Å²) in [5, 5.41) is 0. The molecule has 2 heterocycles. The minimum Gasteiger partial charge on any atom is -0.295 e. The van der Waals surface area contributed by atoms with Gasteiger partial charge in [0.1, 0.15) is 5.69 Å². The molecule has 2 N–H and O–H groups in total. The Kier molecular flexibility index (Phi) is 3.55. The van der Waals surface area contributed by atoms with Crippen LogP contribution in [0.25, 0.3) is 5.69 Å². The second-order valence-electron chi connectivity index (χ2n) is 4.14. The van der Waals surface area contributed by atoms with E-state index in [1.165, 1.54) is 6.20 Å². The van der Waals surface area contributed by atoms with Crippen molar-refractivity contribution >= 4 is 11.9 Å². The van der Waals surface area contributed by atoms with Crippen molar-refractivity contribution in [3.63, 3.8) is 0 Å². The highest BCUT2D eigenvalue weighted by Crippen LogP contribution is 2.10. The molecular formula is C14H12N6O. The summed E-state index contributed by atoms with van der Waals surface area (Å²) in [4.78, 5) is 24.1. The molecule has 0 spiro atoms. The summed E-state index contributed by atoms with van der Waals surface area (Å²) >= 11 is 0. The molecular weight excluding hydrogens is 268 g/mol. The molecule has 21 heavy (non-hydrogen) atoms. The molecule has 0 saturated heterocycles. The number of anilines is 1. The van der Waals surface area contributed by atoms with E-state index in [2.05, 4.69) is 25.8 Å². The Hall–Kier alpha value is -3.22. The van der Waals surface area contributed by atoms with Gasteiger partial charge in [-0.1, -0.05) is 18.2 Å². The summed E-state index contributed by atoms with van der Waals surface area (Å²) in [6.45, 7) is 0. The lowest BCUT2D eigenvalue weighted by molar-refractivity contribution is 0.0955. The standard InChI is InChI=1S/C14H12N6O/c21-13(18-19-14-16-7-4-8-17-14)12-9-15-10-20(12)11-5-2-1-3-6-11/h1-10H,(H,18,21)(H,16,17,19). The Morgan fingerprint density at radius 1 is 1.05 bits per heavy atom. The van der Waals surface area contributed by atoms with Crippen molar-refractivity contribution in [2.45, 2.75) is 0 Å². The van der Waals surface area contributed by atoms with Crippen molar-refractivity contribution < 1.29 is 4.79 Å². The van der Waals surface area contributed by atoms with Crippen LogP contribution in [0, 0.1) is 0 Å². The molecule has 0 aliphatic heterocycles. The van der Waals surface area contributed by atoms with E-state index in [9.17, 15) is 4.79 Å². The SMILES string of the molecule is O=C(NNc1ncccn1)c1cncn1-c1ccccc1. The van der Waals surface area contributed by atoms with E-state index in [1.807, 2.05) is 30.3 Å². The van der Waals surface area contributed by atoms with Gasteiger partial charge in [-0.2, -0.15) is 0 Å². The maximum Gasteiger partial charge on any atom is 0.288 e. The number of amides is 1. The first kappa shape index (κ1) is 12.8. The van der Waals surface area contributed by atoms with E-state index >= 15 is 0 Å². The highest BCUT2D eigenvalue weighted by Gasteiger charge is 2.12. The number of para-hydroxylation sites is 1. The topological polar surface area (TPSA) is 84.7 Å². The summed E-state index contributed by atoms with van der Waals surface area (Å²) in [7, 11) is 0. The summed E-state index contributed by atoms with van der Waals surface area (Å²) in [6, 6.07) is 11.2. The molecule has 1 amide bonds. The van der Waals surface area contributed by atoms with Crippen molar-refractivity contribution in [1.82, 2.24) is 24.9 Å². The fraction of sp³-hybridized carbons (Fsp3) is 0. The zero-order chi connectivity index (χ0) is 14.5. The maximum atomic E-state index is 12.2. The van der Waals surface area contributed by atoms with Gasteiger partial charge < -0.3 is 0 Å². The fourth-order valence-corrected chi connectivity index (χ4v) is 1.80. The van der Waals surface area contributed by atoms with E-state index in [0.717, 1.165) is 5.69 Å². The fourth-order valence-electron chi connectivity index (χ4n) is 1.80. The van der Waals surface area contributed by atoms with Gasteiger partial charge in [0.15, 0.2) is 0 Å². The largest absolute Gasteiger partial charge is 0.295 e. The number of carbonyl (C=O) groups is 1. The highest BCUT2D eigenvalue weighted by atomic mass is 16.2. The number of carbonyl (C=O) groups excluding carboxylic acids is 1. The minimum atomic E-state index is -0.330. The molecule has 0 unspecified atom stereocenters. The van der Waals surface area contributed by atoms with Crippen LogP contribution in [0.3, 0.4) is 0 Å². The third-order valence-electron chi connectivity index (χ3n) is 2.76. The van der Waals surface area contributed by atoms with Gasteiger partial charge in [-0.05, 0) is 18.2 Å². The van der Waals surface area contributed by atoms with Crippen molar-refractivity contribution in [1.29, 1.82) is 0 Å². The van der Waals surface area contributed by atoms with E-state index < -0.39 is 0 Å². The van der Waals surface area contributed by atoms with Crippen LogP contribution < -0.4 is 10.9 Å². The molecule has 3 aromatic rings. The van der Waals surface area contributed by atoms with Crippen LogP contribution in [0.2, 0.25) is 0 Å². The van der Waals surface area contributed by atoms with Crippen LogP contribution in [0.5, 0.6) is 0 Å². The predicted molar refractivity (Wildman–Crippen MR) is 76.7 cm³/mol. The number of aromatic nitrogens is 4. The molecule has 3 rings (SSSR count). The average Bonchev–Trinajstić information content (AvgIpc) is 3.04. The Labute approximate surface area is 120 Å². The highest BCUT2D eigenvalue weighted by molar-refractivity contribution is 5.93. The molecule has 0 bridgehead atoms. The third kappa shape index (κ3) is 2.86. The molecule has 0 aliphatic carbocycles. The molecule has 0 fully saturated rings. The summed E-state index contributed by atoms with van der Waals surface area (Å²) in [6.07, 6.45) is 6.24. The Morgan fingerprint density at radius 2 is 1.81 bits per heavy atom. The normalized spacial score (nSPS) is 10.1. The molecule has 7 nitrogen and oxygen atoms in total. The van der Waals surface area contributed by atoms with E-state index in [1.54, 1.807) is 29.4 Å². The van der Waals surface area contributed by atoms with Crippen LogP contribution in [-0.2, 0) is 0 Å². The first-order chi connectivity index (χ1) is 10.3. The number of rotatable bonds is 4. The van der Waals surface area contributed by atoms with E-state index in [0.29, 0.717) is 11.6 Å². The molecule has 0 atom stereocenters. The van der Waals surface area contributed by atoms with Crippen molar-refractivity contribution in [3.8, 4) is 5.69 Å². The van der Waals surface area contributed by atoms with Gasteiger partial charge in [-0.15, -0.1) is 0 Å². The van der Waals surface area contributed by atoms with Crippen LogP contribution in [0.15, 0.2) is 61.3 Å². The molecule has 0 radical (unpaired) electrons. The Bertz CT molecular complexity index is 725. The van der Waals surface area contributed by atoms with Crippen molar-refractivity contribution in [3.05, 3.63) is 67.0 Å². The zero-order valence-corrected chi connectivity index (χ0v) is 11.0. The van der Waals surface area contributed by atoms with Crippen LogP contribution >= 0.6 is 0 Å². The van der Waals surface area contributed by atoms with E-state index in [4.69, 9.17) is 0 Å². The number of hydrogen-bond acceptors (Lipinski definition) is 5. The van der Waals surface area contributed by atoms with E-state index in [-0.39, 0.29) is 5.91 Å². The second-order valence-corrected chi connectivity index (χ2v) is 4.14. The number of nitrogens with zero attached hydrogens (tertiary/aromatic N) is 4. The zero-order valence-electron chi connectivity index (χ0n) is 11.0. The molecule has 2 aromatic heterocycles. The van der Waals surface area contributed by atoms with Crippen molar-refractivity contribution in [2.24, 2.45) is 0 Å². The molecule has 0 saturated carbocycles. The summed E-state index contributed by atoms with van der Waals surface area (Å²) < 4.78 is 1.70. The Morgan fingerprint density at radius 3 is 2.57 bits per heavy atom. The molecule has 0 aliphatic rings. The summed E-state index contributed by atoms with van der Waals surface area (Å²) in [5.74, 6) is -0.0135. The molecule has 1 aromatic carbocycles. The minimum absolute atomic E-state index is 0.316. The number of hydrazine groups is 1. The monoisotopic (exact) mass is 280 g/mol. The molecule has 7 heteroatoms. The van der Waals surface area contributed by atoms with Gasteiger partial charge in [0, 0.05) is 18.1 Å². The van der Waals surface area contributed by atoms with Gasteiger partial charge in [0.2, 0.25) is 5.95 Å². The second kappa shape index (κ2) is 5.83. The first-order valence-corrected chi connectivity index (χ1v) is 6.26. The Balaban J connectivity index is 1.76. The van der Waals surface area contributed by atoms with Gasteiger partial charge >= 0.3 is 0 Å². The smallest absolute Gasteiger partial charge is 0.288 e. The molecule has 104 valence electrons. The third-order valence-corrected chi connectivity index (χ3v) is 2.76. The number of nitrogens with one attached hydrogen (secondary N) is 2. The van der Waals surface area contributed by atoms with Crippen LogP contribution in [0.1, 0.15) is 10.5 Å². The van der Waals surface area contributed by atoms with Gasteiger partial charge in [0.25, 0.3) is 5.91 Å². The van der Waals surface area contributed by atoms with Gasteiger partial charge in [-0.25, -0.2) is 15.0 Å². The first-order valence-electron chi connectivity index (χ1n) is 6.26. The maximum absolute atomic E-state index is 12.2. The van der Waals surface area contributed by atoms with Crippen LogP contribution in [-0.4, -0.2) is 25.4 Å². The lowest BCUT2D eigenvalue weighted by Gasteiger charge is -2.09. The van der Waals surface area contributed by atoms with Gasteiger partial charge in [0.05, 0.1) is 12.5 Å². The van der Waals surface area contributed by atoms with Crippen LogP contribution in [0.4, 0.5) is 5.95 Å². The quantitative estimate of drug-likeness (QED) is 0.706.